The number of benzene rings is 2. The van der Waals surface area contributed by atoms with Gasteiger partial charge in [0.25, 0.3) is 5.91 Å². The van der Waals surface area contributed by atoms with E-state index in [2.05, 4.69) is 10.6 Å². The summed E-state index contributed by atoms with van der Waals surface area (Å²) in [6.45, 7) is 0. The molecule has 27 heavy (non-hydrogen) atoms. The van der Waals surface area contributed by atoms with E-state index in [9.17, 15) is 14.4 Å². The summed E-state index contributed by atoms with van der Waals surface area (Å²) in [5.74, 6) is -1.43. The first-order chi connectivity index (χ1) is 12.9. The van der Waals surface area contributed by atoms with Gasteiger partial charge in [0.15, 0.2) is 0 Å². The monoisotopic (exact) mass is 370 g/mol. The molecule has 8 nitrogen and oxygen atoms in total. The van der Waals surface area contributed by atoms with Gasteiger partial charge in [0.1, 0.15) is 11.5 Å². The number of hydrogen-bond donors (Lipinski definition) is 3. The zero-order valence-electron chi connectivity index (χ0n) is 14.7. The summed E-state index contributed by atoms with van der Waals surface area (Å²) < 4.78 is 10.4. The van der Waals surface area contributed by atoms with Crippen molar-refractivity contribution in [1.82, 2.24) is 0 Å². The van der Waals surface area contributed by atoms with Crippen molar-refractivity contribution in [2.24, 2.45) is 0 Å². The maximum atomic E-state index is 12.7. The third-order valence-corrected chi connectivity index (χ3v) is 3.46. The van der Waals surface area contributed by atoms with E-state index in [1.807, 2.05) is 0 Å². The van der Waals surface area contributed by atoms with Crippen LogP contribution in [0.15, 0.2) is 54.6 Å². The first-order valence-corrected chi connectivity index (χ1v) is 7.79. The van der Waals surface area contributed by atoms with Crippen molar-refractivity contribution in [3.63, 3.8) is 0 Å². The Labute approximate surface area is 155 Å². The molecule has 2 aromatic carbocycles. The highest BCUT2D eigenvalue weighted by atomic mass is 16.5. The number of para-hydroxylation sites is 1. The summed E-state index contributed by atoms with van der Waals surface area (Å²) in [7, 11) is 2.98. The minimum Gasteiger partial charge on any atom is -0.497 e. The quantitative estimate of drug-likeness (QED) is 0.646. The first-order valence-electron chi connectivity index (χ1n) is 7.79. The average Bonchev–Trinajstić information content (AvgIpc) is 2.66. The smallest absolute Gasteiger partial charge is 0.328 e. The second kappa shape index (κ2) is 9.04. The number of carbonyl (C=O) groups excluding carboxylic acids is 2. The largest absolute Gasteiger partial charge is 0.497 e. The summed E-state index contributed by atoms with van der Waals surface area (Å²) in [5, 5.41) is 13.8. The molecule has 0 aliphatic heterocycles. The van der Waals surface area contributed by atoms with Crippen molar-refractivity contribution in [3.05, 3.63) is 60.2 Å². The molecule has 140 valence electrons. The molecular weight excluding hydrogens is 352 g/mol. The van der Waals surface area contributed by atoms with Crippen molar-refractivity contribution < 1.29 is 29.0 Å². The van der Waals surface area contributed by atoms with Crippen molar-refractivity contribution in [3.8, 4) is 11.5 Å². The number of carbonyl (C=O) groups is 3. The fourth-order valence-corrected chi connectivity index (χ4v) is 2.21. The van der Waals surface area contributed by atoms with Crippen LogP contribution in [0.4, 0.5) is 11.4 Å². The number of methoxy groups -OCH3 is 2. The number of anilines is 2. The Hall–Kier alpha value is -3.81. The fourth-order valence-electron chi connectivity index (χ4n) is 2.21. The lowest BCUT2D eigenvalue weighted by Gasteiger charge is -2.13. The second-order valence-corrected chi connectivity index (χ2v) is 5.23. The Morgan fingerprint density at radius 3 is 2.33 bits per heavy atom. The van der Waals surface area contributed by atoms with Crippen molar-refractivity contribution in [2.75, 3.05) is 24.9 Å². The number of nitrogens with one attached hydrogen (secondary N) is 2. The second-order valence-electron chi connectivity index (χ2n) is 5.23. The molecule has 0 radical (unpaired) electrons. The summed E-state index contributed by atoms with van der Waals surface area (Å²) in [4.78, 5) is 35.0. The molecule has 0 atom stereocenters. The highest BCUT2D eigenvalue weighted by Crippen LogP contribution is 2.29. The minimum atomic E-state index is -1.25. The number of carboxylic acid groups (broad SMARTS) is 1. The number of hydrogen-bond acceptors (Lipinski definition) is 5. The van der Waals surface area contributed by atoms with E-state index < -0.39 is 17.8 Å². The molecule has 8 heteroatoms. The van der Waals surface area contributed by atoms with Crippen LogP contribution in [-0.4, -0.2) is 37.1 Å². The molecule has 0 fully saturated rings. The van der Waals surface area contributed by atoms with Gasteiger partial charge in [0.2, 0.25) is 5.91 Å². The Morgan fingerprint density at radius 2 is 1.67 bits per heavy atom. The number of amides is 2. The van der Waals surface area contributed by atoms with Crippen molar-refractivity contribution in [2.45, 2.75) is 0 Å². The molecule has 0 aliphatic carbocycles. The minimum absolute atomic E-state index is 0.194. The topological polar surface area (TPSA) is 114 Å². The fraction of sp³-hybridized carbons (Fsp3) is 0.105. The van der Waals surface area contributed by atoms with E-state index in [1.165, 1.54) is 26.4 Å². The van der Waals surface area contributed by atoms with Crippen LogP contribution in [0, 0.1) is 0 Å². The average molecular weight is 370 g/mol. The molecule has 0 saturated heterocycles. The van der Waals surface area contributed by atoms with Gasteiger partial charge < -0.3 is 25.2 Å². The Kier molecular flexibility index (Phi) is 6.54. The molecule has 0 spiro atoms. The van der Waals surface area contributed by atoms with E-state index in [0.717, 1.165) is 6.08 Å². The molecule has 3 N–H and O–H groups in total. The van der Waals surface area contributed by atoms with Gasteiger partial charge in [0.05, 0.1) is 31.2 Å². The molecule has 2 aromatic rings. The van der Waals surface area contributed by atoms with E-state index in [4.69, 9.17) is 14.6 Å². The molecule has 0 saturated carbocycles. The van der Waals surface area contributed by atoms with Gasteiger partial charge in [-0.3, -0.25) is 9.59 Å². The normalized spacial score (nSPS) is 10.3. The van der Waals surface area contributed by atoms with Crippen LogP contribution in [0.2, 0.25) is 0 Å². The third-order valence-electron chi connectivity index (χ3n) is 3.46. The lowest BCUT2D eigenvalue weighted by Crippen LogP contribution is -2.17. The molecule has 0 aromatic heterocycles. The summed E-state index contributed by atoms with van der Waals surface area (Å²) in [5.41, 5.74) is 0.824. The van der Waals surface area contributed by atoms with Gasteiger partial charge in [0, 0.05) is 18.2 Å². The zero-order valence-corrected chi connectivity index (χ0v) is 14.7. The van der Waals surface area contributed by atoms with E-state index >= 15 is 0 Å². The lowest BCUT2D eigenvalue weighted by molar-refractivity contribution is -0.131. The molecule has 0 heterocycles. The van der Waals surface area contributed by atoms with Crippen LogP contribution in [0.1, 0.15) is 10.4 Å². The number of carboxylic acids is 1. The summed E-state index contributed by atoms with van der Waals surface area (Å²) >= 11 is 0. The van der Waals surface area contributed by atoms with Crippen LogP contribution in [-0.2, 0) is 9.59 Å². The standard InChI is InChI=1S/C19H18N2O6/c1-26-12-7-8-16(27-2)15(11-12)21-19(25)13-5-3-4-6-14(13)20-17(22)9-10-18(23)24/h3-11H,1-2H3,(H,20,22)(H,21,25)(H,23,24)/b10-9-. The molecule has 2 rings (SSSR count). The third kappa shape index (κ3) is 5.33. The number of rotatable bonds is 7. The SMILES string of the molecule is COc1ccc(OC)c(NC(=O)c2ccccc2NC(=O)/C=C\C(=O)O)c1. The molecule has 0 aliphatic rings. The van der Waals surface area contributed by atoms with Crippen LogP contribution in [0.25, 0.3) is 0 Å². The van der Waals surface area contributed by atoms with E-state index in [0.29, 0.717) is 23.3 Å². The number of ether oxygens (including phenoxy) is 2. The molecule has 0 bridgehead atoms. The van der Waals surface area contributed by atoms with Crippen molar-refractivity contribution >= 4 is 29.2 Å². The zero-order chi connectivity index (χ0) is 19.8. The van der Waals surface area contributed by atoms with Gasteiger partial charge in [-0.2, -0.15) is 0 Å². The Balaban J connectivity index is 2.25. The van der Waals surface area contributed by atoms with E-state index in [-0.39, 0.29) is 11.3 Å². The van der Waals surface area contributed by atoms with Crippen LogP contribution >= 0.6 is 0 Å². The van der Waals surface area contributed by atoms with Crippen LogP contribution in [0.5, 0.6) is 11.5 Å². The molecule has 2 amide bonds. The number of aliphatic carboxylic acids is 1. The predicted molar refractivity (Wildman–Crippen MR) is 99.3 cm³/mol. The lowest BCUT2D eigenvalue weighted by atomic mass is 10.1. The van der Waals surface area contributed by atoms with Gasteiger partial charge >= 0.3 is 5.97 Å². The van der Waals surface area contributed by atoms with E-state index in [1.54, 1.807) is 30.3 Å². The highest BCUT2D eigenvalue weighted by Gasteiger charge is 2.15. The van der Waals surface area contributed by atoms with Crippen LogP contribution in [0.3, 0.4) is 0 Å². The first kappa shape index (κ1) is 19.5. The molecular formula is C19H18N2O6. The van der Waals surface area contributed by atoms with Crippen LogP contribution < -0.4 is 20.1 Å². The van der Waals surface area contributed by atoms with Gasteiger partial charge in [-0.05, 0) is 24.3 Å². The maximum Gasteiger partial charge on any atom is 0.328 e. The van der Waals surface area contributed by atoms with Gasteiger partial charge in [-0.25, -0.2) is 4.79 Å². The molecule has 0 unspecified atom stereocenters. The van der Waals surface area contributed by atoms with Gasteiger partial charge in [-0.15, -0.1) is 0 Å². The Bertz CT molecular complexity index is 892. The Morgan fingerprint density at radius 1 is 0.926 bits per heavy atom. The van der Waals surface area contributed by atoms with Gasteiger partial charge in [-0.1, -0.05) is 12.1 Å². The highest BCUT2D eigenvalue weighted by molar-refractivity contribution is 6.12. The predicted octanol–water partition coefficient (Wildman–Crippen LogP) is 2.54. The van der Waals surface area contributed by atoms with Crippen molar-refractivity contribution in [1.29, 1.82) is 0 Å². The summed E-state index contributed by atoms with van der Waals surface area (Å²) in [6.07, 6.45) is 1.57. The summed E-state index contributed by atoms with van der Waals surface area (Å²) in [6, 6.07) is 11.3. The maximum absolute atomic E-state index is 12.7.